The van der Waals surface area contributed by atoms with Crippen molar-refractivity contribution in [1.82, 2.24) is 14.9 Å². The van der Waals surface area contributed by atoms with Crippen LogP contribution in [-0.2, 0) is 11.4 Å². The first-order valence-electron chi connectivity index (χ1n) is 10.8. The molecule has 3 aromatic carbocycles. The van der Waals surface area contributed by atoms with Crippen LogP contribution in [0.3, 0.4) is 0 Å². The lowest BCUT2D eigenvalue weighted by atomic mass is 10.0. The predicted octanol–water partition coefficient (Wildman–Crippen LogP) is 4.26. The molecule has 1 aliphatic heterocycles. The largest absolute Gasteiger partial charge is 0.497 e. The molecule has 2 atom stereocenters. The van der Waals surface area contributed by atoms with Crippen LogP contribution >= 0.6 is 11.8 Å². The van der Waals surface area contributed by atoms with Crippen LogP contribution in [-0.4, -0.2) is 33.1 Å². The van der Waals surface area contributed by atoms with Gasteiger partial charge in [-0.2, -0.15) is 0 Å². The summed E-state index contributed by atoms with van der Waals surface area (Å²) in [5.74, 6) is 1.97. The maximum atomic E-state index is 13.3. The summed E-state index contributed by atoms with van der Waals surface area (Å²) in [5.41, 5.74) is 5.12. The number of aromatic nitrogens is 3. The zero-order chi connectivity index (χ0) is 23.3. The van der Waals surface area contributed by atoms with Gasteiger partial charge in [-0.25, -0.2) is 4.68 Å². The molecule has 0 saturated heterocycles. The number of fused-ring (bicyclic) bond motifs is 1. The van der Waals surface area contributed by atoms with Gasteiger partial charge in [0.25, 0.3) is 0 Å². The first kappa shape index (κ1) is 21.8. The van der Waals surface area contributed by atoms with Crippen molar-refractivity contribution in [3.63, 3.8) is 0 Å². The van der Waals surface area contributed by atoms with Crippen LogP contribution in [0.15, 0.2) is 90.1 Å². The zero-order valence-electron chi connectivity index (χ0n) is 18.4. The number of rotatable bonds is 7. The molecule has 0 radical (unpaired) electrons. The van der Waals surface area contributed by atoms with E-state index in [0.29, 0.717) is 16.7 Å². The van der Waals surface area contributed by atoms with Gasteiger partial charge in [0.1, 0.15) is 23.4 Å². The minimum Gasteiger partial charge on any atom is -0.497 e. The van der Waals surface area contributed by atoms with Gasteiger partial charge >= 0.3 is 0 Å². The van der Waals surface area contributed by atoms with E-state index in [0.717, 1.165) is 17.1 Å². The van der Waals surface area contributed by atoms with Crippen molar-refractivity contribution < 1.29 is 14.3 Å². The van der Waals surface area contributed by atoms with Gasteiger partial charge in [0.15, 0.2) is 5.82 Å². The molecule has 4 aromatic rings. The van der Waals surface area contributed by atoms with Crippen LogP contribution in [0.5, 0.6) is 11.5 Å². The molecule has 2 heterocycles. The van der Waals surface area contributed by atoms with Gasteiger partial charge in [-0.15, -0.1) is 10.2 Å². The standard InChI is InChI=1S/C25H23N5O3S/c1-32-19-14-12-18(13-15-19)26-24(31)23-22(17-8-4-2-5-9-17)29-30-21(27-28-25(30)34-23)16-33-20-10-6-3-7-11-20/h2-15,22-23,29H,16H2,1H3,(H,26,31)/t22-,23-/m1/s1. The molecule has 0 unspecified atom stereocenters. The lowest BCUT2D eigenvalue weighted by Crippen LogP contribution is -2.41. The third-order valence-electron chi connectivity index (χ3n) is 5.39. The average Bonchev–Trinajstić information content (AvgIpc) is 3.30. The molecule has 0 fully saturated rings. The molecular weight excluding hydrogens is 450 g/mol. The molecule has 5 rings (SSSR count). The molecule has 34 heavy (non-hydrogen) atoms. The predicted molar refractivity (Wildman–Crippen MR) is 131 cm³/mol. The number of amides is 1. The fourth-order valence-corrected chi connectivity index (χ4v) is 4.75. The summed E-state index contributed by atoms with van der Waals surface area (Å²) < 4.78 is 12.9. The zero-order valence-corrected chi connectivity index (χ0v) is 19.2. The van der Waals surface area contributed by atoms with E-state index in [-0.39, 0.29) is 18.6 Å². The maximum Gasteiger partial charge on any atom is 0.240 e. The van der Waals surface area contributed by atoms with Crippen molar-refractivity contribution >= 4 is 23.4 Å². The summed E-state index contributed by atoms with van der Waals surface area (Å²) in [6, 6.07) is 26.4. The summed E-state index contributed by atoms with van der Waals surface area (Å²) in [7, 11) is 1.61. The Kier molecular flexibility index (Phi) is 6.35. The number of ether oxygens (including phenoxy) is 2. The number of nitrogens with zero attached hydrogens (tertiary/aromatic N) is 3. The van der Waals surface area contributed by atoms with Gasteiger partial charge in [-0.1, -0.05) is 60.3 Å². The molecule has 0 bridgehead atoms. The Bertz CT molecular complexity index is 1250. The van der Waals surface area contributed by atoms with E-state index in [1.165, 1.54) is 11.8 Å². The second-order valence-electron chi connectivity index (χ2n) is 7.61. The van der Waals surface area contributed by atoms with Crippen LogP contribution in [0.4, 0.5) is 5.69 Å². The smallest absolute Gasteiger partial charge is 0.240 e. The van der Waals surface area contributed by atoms with Gasteiger partial charge in [0.2, 0.25) is 11.1 Å². The maximum absolute atomic E-state index is 13.3. The lowest BCUT2D eigenvalue weighted by molar-refractivity contribution is -0.116. The Morgan fingerprint density at radius 2 is 1.68 bits per heavy atom. The first-order valence-corrected chi connectivity index (χ1v) is 11.6. The molecule has 0 saturated carbocycles. The van der Waals surface area contributed by atoms with E-state index in [1.54, 1.807) is 7.11 Å². The van der Waals surface area contributed by atoms with Gasteiger partial charge in [-0.3, -0.25) is 4.79 Å². The number of hydrogen-bond acceptors (Lipinski definition) is 7. The number of carbonyl (C=O) groups is 1. The van der Waals surface area contributed by atoms with Crippen LogP contribution in [0.25, 0.3) is 0 Å². The fourth-order valence-electron chi connectivity index (χ4n) is 3.66. The van der Waals surface area contributed by atoms with E-state index in [4.69, 9.17) is 9.47 Å². The number of benzene rings is 3. The van der Waals surface area contributed by atoms with Crippen LogP contribution in [0.2, 0.25) is 0 Å². The van der Waals surface area contributed by atoms with Crippen molar-refractivity contribution in [2.45, 2.75) is 23.1 Å². The van der Waals surface area contributed by atoms with Crippen molar-refractivity contribution in [2.24, 2.45) is 0 Å². The highest BCUT2D eigenvalue weighted by molar-refractivity contribution is 8.00. The summed E-state index contributed by atoms with van der Waals surface area (Å²) in [6.45, 7) is 0.245. The summed E-state index contributed by atoms with van der Waals surface area (Å²) in [5, 5.41) is 11.7. The van der Waals surface area contributed by atoms with Gasteiger partial charge in [0.05, 0.1) is 13.2 Å². The molecule has 1 amide bonds. The summed E-state index contributed by atoms with van der Waals surface area (Å²) in [4.78, 5) is 13.3. The molecule has 1 aromatic heterocycles. The highest BCUT2D eigenvalue weighted by Gasteiger charge is 2.37. The molecular formula is C25H23N5O3S. The number of anilines is 1. The van der Waals surface area contributed by atoms with Gasteiger partial charge in [0, 0.05) is 5.69 Å². The van der Waals surface area contributed by atoms with Gasteiger partial charge < -0.3 is 20.2 Å². The lowest BCUT2D eigenvalue weighted by Gasteiger charge is -2.33. The van der Waals surface area contributed by atoms with Crippen LogP contribution in [0.1, 0.15) is 17.4 Å². The van der Waals surface area contributed by atoms with Crippen molar-refractivity contribution in [2.75, 3.05) is 17.9 Å². The molecule has 2 N–H and O–H groups in total. The average molecular weight is 474 g/mol. The third-order valence-corrected chi connectivity index (χ3v) is 6.60. The molecule has 9 heteroatoms. The molecule has 0 aliphatic carbocycles. The second-order valence-corrected chi connectivity index (χ2v) is 8.72. The summed E-state index contributed by atoms with van der Waals surface area (Å²) in [6.07, 6.45) is 0. The molecule has 172 valence electrons. The van der Waals surface area contributed by atoms with E-state index >= 15 is 0 Å². The van der Waals surface area contributed by atoms with Crippen molar-refractivity contribution in [3.05, 3.63) is 96.3 Å². The molecule has 0 spiro atoms. The Morgan fingerprint density at radius 1 is 0.971 bits per heavy atom. The minimum atomic E-state index is -0.468. The normalized spacial score (nSPS) is 16.7. The third kappa shape index (κ3) is 4.69. The quantitative estimate of drug-likeness (QED) is 0.414. The monoisotopic (exact) mass is 473 g/mol. The number of hydrogen-bond donors (Lipinski definition) is 2. The van der Waals surface area contributed by atoms with Crippen molar-refractivity contribution in [1.29, 1.82) is 0 Å². The van der Waals surface area contributed by atoms with Crippen LogP contribution < -0.4 is 20.2 Å². The van der Waals surface area contributed by atoms with Crippen LogP contribution in [0, 0.1) is 0 Å². The number of nitrogens with one attached hydrogen (secondary N) is 2. The Balaban J connectivity index is 1.39. The van der Waals surface area contributed by atoms with Crippen molar-refractivity contribution in [3.8, 4) is 11.5 Å². The van der Waals surface area contributed by atoms with E-state index in [9.17, 15) is 4.79 Å². The Morgan fingerprint density at radius 3 is 2.38 bits per heavy atom. The minimum absolute atomic E-state index is 0.132. The van der Waals surface area contributed by atoms with E-state index < -0.39 is 5.25 Å². The number of thioether (sulfide) groups is 1. The van der Waals surface area contributed by atoms with Gasteiger partial charge in [-0.05, 0) is 42.0 Å². The molecule has 8 nitrogen and oxygen atoms in total. The number of methoxy groups -OCH3 is 1. The highest BCUT2D eigenvalue weighted by Crippen LogP contribution is 2.37. The Labute approximate surface area is 201 Å². The number of para-hydroxylation sites is 1. The van der Waals surface area contributed by atoms with E-state index in [2.05, 4.69) is 20.9 Å². The number of carbonyl (C=O) groups excluding carboxylic acids is 1. The fraction of sp³-hybridized carbons (Fsp3) is 0.160. The topological polar surface area (TPSA) is 90.3 Å². The molecule has 1 aliphatic rings. The highest BCUT2D eigenvalue weighted by atomic mass is 32.2. The van der Waals surface area contributed by atoms with E-state index in [1.807, 2.05) is 89.6 Å². The SMILES string of the molecule is COc1ccc(NC(=O)[C@@H]2Sc3nnc(COc4ccccc4)n3N[C@@H]2c2ccccc2)cc1. The second kappa shape index (κ2) is 9.88. The first-order chi connectivity index (χ1) is 16.7. The summed E-state index contributed by atoms with van der Waals surface area (Å²) >= 11 is 1.37. The Hall–Kier alpha value is -3.98.